The molecule has 0 saturated carbocycles. The first-order valence-electron chi connectivity index (χ1n) is 6.25. The molecule has 0 saturated heterocycles. The maximum Gasteiger partial charge on any atom is 0.196 e. The van der Waals surface area contributed by atoms with E-state index in [2.05, 4.69) is 4.98 Å². The van der Waals surface area contributed by atoms with Crippen molar-refractivity contribution in [2.24, 2.45) is 0 Å². The summed E-state index contributed by atoms with van der Waals surface area (Å²) in [5.41, 5.74) is 2.11. The second-order valence-corrected chi connectivity index (χ2v) is 4.35. The highest BCUT2D eigenvalue weighted by Crippen LogP contribution is 2.19. The monoisotopic (exact) mass is 251 g/mol. The third-order valence-corrected chi connectivity index (χ3v) is 3.18. The molecular formula is C16H13NO2. The van der Waals surface area contributed by atoms with Crippen LogP contribution in [0.15, 0.2) is 53.3 Å². The van der Waals surface area contributed by atoms with Crippen molar-refractivity contribution in [3.63, 3.8) is 0 Å². The fraction of sp³-hybridized carbons (Fsp3) is 0.125. The molecule has 19 heavy (non-hydrogen) atoms. The van der Waals surface area contributed by atoms with Gasteiger partial charge in [-0.1, -0.05) is 25.1 Å². The molecule has 0 aliphatic carbocycles. The van der Waals surface area contributed by atoms with Gasteiger partial charge in [-0.15, -0.1) is 0 Å². The number of hydrogen-bond donors (Lipinski definition) is 0. The first-order chi connectivity index (χ1) is 9.29. The normalized spacial score (nSPS) is 10.8. The van der Waals surface area contributed by atoms with E-state index >= 15 is 0 Å². The van der Waals surface area contributed by atoms with Crippen molar-refractivity contribution in [1.82, 2.24) is 4.98 Å². The fourth-order valence-electron chi connectivity index (χ4n) is 2.18. The van der Waals surface area contributed by atoms with E-state index in [1.807, 2.05) is 37.3 Å². The number of hydrogen-bond acceptors (Lipinski definition) is 3. The largest absolute Gasteiger partial charge is 0.469 e. The lowest BCUT2D eigenvalue weighted by Crippen LogP contribution is -2.02. The number of aromatic nitrogens is 1. The Bertz CT molecular complexity index is 743. The summed E-state index contributed by atoms with van der Waals surface area (Å²) in [6, 6.07) is 11.2. The minimum Gasteiger partial charge on any atom is -0.469 e. The van der Waals surface area contributed by atoms with Gasteiger partial charge in [0.1, 0.15) is 5.76 Å². The predicted molar refractivity (Wildman–Crippen MR) is 73.3 cm³/mol. The first-order valence-corrected chi connectivity index (χ1v) is 6.25. The van der Waals surface area contributed by atoms with Gasteiger partial charge in [0.25, 0.3) is 0 Å². The number of benzene rings is 1. The van der Waals surface area contributed by atoms with Gasteiger partial charge in [-0.05, 0) is 18.2 Å². The number of furan rings is 1. The average Bonchev–Trinajstić information content (AvgIpc) is 2.94. The van der Waals surface area contributed by atoms with E-state index < -0.39 is 0 Å². The van der Waals surface area contributed by atoms with Crippen LogP contribution in [0.25, 0.3) is 10.9 Å². The maximum absolute atomic E-state index is 12.4. The van der Waals surface area contributed by atoms with Crippen LogP contribution in [0.5, 0.6) is 0 Å². The lowest BCUT2D eigenvalue weighted by Gasteiger charge is -2.02. The van der Waals surface area contributed by atoms with E-state index in [9.17, 15) is 4.79 Å². The van der Waals surface area contributed by atoms with Crippen LogP contribution in [0.1, 0.15) is 28.6 Å². The third-order valence-electron chi connectivity index (χ3n) is 3.18. The molecule has 0 bridgehead atoms. The van der Waals surface area contributed by atoms with Gasteiger partial charge in [-0.25, -0.2) is 0 Å². The molecule has 2 heterocycles. The van der Waals surface area contributed by atoms with E-state index in [1.54, 1.807) is 18.5 Å². The molecule has 0 unspecified atom stereocenters. The highest BCUT2D eigenvalue weighted by Gasteiger charge is 2.15. The van der Waals surface area contributed by atoms with Gasteiger partial charge in [-0.3, -0.25) is 9.78 Å². The zero-order chi connectivity index (χ0) is 13.2. The molecule has 0 fully saturated rings. The Morgan fingerprint density at radius 2 is 2.16 bits per heavy atom. The molecule has 0 amide bonds. The Morgan fingerprint density at radius 3 is 3.00 bits per heavy atom. The van der Waals surface area contributed by atoms with Crippen LogP contribution in [0.4, 0.5) is 0 Å². The summed E-state index contributed by atoms with van der Waals surface area (Å²) in [7, 11) is 0. The van der Waals surface area contributed by atoms with Gasteiger partial charge in [0.2, 0.25) is 0 Å². The molecule has 0 aliphatic rings. The van der Waals surface area contributed by atoms with Crippen LogP contribution in [0, 0.1) is 0 Å². The molecule has 3 heteroatoms. The lowest BCUT2D eigenvalue weighted by molar-refractivity contribution is 0.103. The number of fused-ring (bicyclic) bond motifs is 1. The van der Waals surface area contributed by atoms with Crippen molar-refractivity contribution < 1.29 is 9.21 Å². The first kappa shape index (κ1) is 11.7. The summed E-state index contributed by atoms with van der Waals surface area (Å²) in [6.45, 7) is 1.97. The second kappa shape index (κ2) is 4.69. The SMILES string of the molecule is CCc1occc1C(=O)c1ccc2cccnc2c1. The van der Waals surface area contributed by atoms with Gasteiger partial charge in [0.15, 0.2) is 5.78 Å². The summed E-state index contributed by atoms with van der Waals surface area (Å²) in [5.74, 6) is 0.712. The molecule has 3 rings (SSSR count). The number of ketones is 1. The number of aryl methyl sites for hydroxylation is 1. The van der Waals surface area contributed by atoms with Crippen LogP contribution < -0.4 is 0 Å². The van der Waals surface area contributed by atoms with Crippen molar-refractivity contribution in [1.29, 1.82) is 0 Å². The average molecular weight is 251 g/mol. The van der Waals surface area contributed by atoms with Crippen LogP contribution in [-0.2, 0) is 6.42 Å². The zero-order valence-corrected chi connectivity index (χ0v) is 10.6. The minimum atomic E-state index is -0.0156. The molecule has 1 aromatic carbocycles. The van der Waals surface area contributed by atoms with Crippen molar-refractivity contribution in [2.45, 2.75) is 13.3 Å². The summed E-state index contributed by atoms with van der Waals surface area (Å²) >= 11 is 0. The molecule has 0 atom stereocenters. The lowest BCUT2D eigenvalue weighted by atomic mass is 10.0. The molecule has 0 N–H and O–H groups in total. The molecule has 3 aromatic rings. The van der Waals surface area contributed by atoms with E-state index in [0.717, 1.165) is 16.7 Å². The molecule has 94 valence electrons. The Labute approximate surface area is 110 Å². The second-order valence-electron chi connectivity index (χ2n) is 4.35. The Morgan fingerprint density at radius 1 is 1.26 bits per heavy atom. The van der Waals surface area contributed by atoms with Gasteiger partial charge >= 0.3 is 0 Å². The fourth-order valence-corrected chi connectivity index (χ4v) is 2.18. The molecular weight excluding hydrogens is 238 g/mol. The van der Waals surface area contributed by atoms with Crippen LogP contribution in [0.2, 0.25) is 0 Å². The summed E-state index contributed by atoms with van der Waals surface area (Å²) in [6.07, 6.45) is 4.00. The Hall–Kier alpha value is -2.42. The highest BCUT2D eigenvalue weighted by atomic mass is 16.3. The van der Waals surface area contributed by atoms with Crippen molar-refractivity contribution in [3.05, 3.63) is 65.7 Å². The standard InChI is InChI=1S/C16H13NO2/c1-2-15-13(7-9-19-15)16(18)12-6-5-11-4-3-8-17-14(11)10-12/h3-10H,2H2,1H3. The van der Waals surface area contributed by atoms with Crippen molar-refractivity contribution in [2.75, 3.05) is 0 Å². The zero-order valence-electron chi connectivity index (χ0n) is 10.6. The molecule has 2 aromatic heterocycles. The number of pyridine rings is 1. The van der Waals surface area contributed by atoms with Gasteiger partial charge in [-0.2, -0.15) is 0 Å². The van der Waals surface area contributed by atoms with Crippen LogP contribution >= 0.6 is 0 Å². The Kier molecular flexibility index (Phi) is 2.88. The van der Waals surface area contributed by atoms with Crippen LogP contribution in [0.3, 0.4) is 0 Å². The quantitative estimate of drug-likeness (QED) is 0.668. The summed E-state index contributed by atoms with van der Waals surface area (Å²) in [4.78, 5) is 16.7. The smallest absolute Gasteiger partial charge is 0.196 e. The molecule has 0 aliphatic heterocycles. The number of carbonyl (C=O) groups is 1. The van der Waals surface area contributed by atoms with Crippen LogP contribution in [-0.4, -0.2) is 10.8 Å². The number of rotatable bonds is 3. The van der Waals surface area contributed by atoms with Gasteiger partial charge in [0.05, 0.1) is 17.3 Å². The predicted octanol–water partition coefficient (Wildman–Crippen LogP) is 3.62. The number of nitrogens with zero attached hydrogens (tertiary/aromatic N) is 1. The van der Waals surface area contributed by atoms with E-state index in [0.29, 0.717) is 17.5 Å². The maximum atomic E-state index is 12.4. The van der Waals surface area contributed by atoms with Gasteiger partial charge < -0.3 is 4.42 Å². The third kappa shape index (κ3) is 2.03. The summed E-state index contributed by atoms with van der Waals surface area (Å²) < 4.78 is 5.31. The molecule has 0 radical (unpaired) electrons. The Balaban J connectivity index is 2.06. The minimum absolute atomic E-state index is 0.0156. The van der Waals surface area contributed by atoms with E-state index in [1.165, 1.54) is 0 Å². The highest BCUT2D eigenvalue weighted by molar-refractivity contribution is 6.10. The van der Waals surface area contributed by atoms with Crippen molar-refractivity contribution >= 4 is 16.7 Å². The van der Waals surface area contributed by atoms with Gasteiger partial charge in [0, 0.05) is 23.6 Å². The topological polar surface area (TPSA) is 43.1 Å². The summed E-state index contributed by atoms with van der Waals surface area (Å²) in [5, 5.41) is 1.03. The van der Waals surface area contributed by atoms with Crippen molar-refractivity contribution in [3.8, 4) is 0 Å². The molecule has 3 nitrogen and oxygen atoms in total. The number of carbonyl (C=O) groups excluding carboxylic acids is 1. The van der Waals surface area contributed by atoms with E-state index in [-0.39, 0.29) is 5.78 Å². The van der Waals surface area contributed by atoms with E-state index in [4.69, 9.17) is 4.42 Å². The molecule has 0 spiro atoms.